The van der Waals surface area contributed by atoms with Crippen LogP contribution in [0.4, 0.5) is 4.79 Å². The van der Waals surface area contributed by atoms with Crippen molar-refractivity contribution in [1.29, 1.82) is 0 Å². The molecule has 5 heteroatoms. The average molecular weight is 321 g/mol. The summed E-state index contributed by atoms with van der Waals surface area (Å²) in [6.07, 6.45) is -0.120. The average Bonchev–Trinajstić information content (AvgIpc) is 2.96. The van der Waals surface area contributed by atoms with Crippen molar-refractivity contribution in [3.8, 4) is 5.75 Å². The van der Waals surface area contributed by atoms with Crippen LogP contribution in [-0.4, -0.2) is 41.4 Å². The second-order valence-corrected chi connectivity index (χ2v) is 6.92. The lowest BCUT2D eigenvalue weighted by Crippen LogP contribution is -2.35. The van der Waals surface area contributed by atoms with E-state index in [2.05, 4.69) is 0 Å². The number of carbonyl (C=O) groups is 1. The summed E-state index contributed by atoms with van der Waals surface area (Å²) in [4.78, 5) is 13.8. The van der Waals surface area contributed by atoms with Crippen molar-refractivity contribution in [1.82, 2.24) is 4.90 Å². The summed E-state index contributed by atoms with van der Waals surface area (Å²) in [5.74, 6) is 0.825. The predicted molar refractivity (Wildman–Crippen MR) is 88.5 cm³/mol. The maximum atomic E-state index is 12.1. The van der Waals surface area contributed by atoms with Crippen molar-refractivity contribution in [3.05, 3.63) is 29.8 Å². The van der Waals surface area contributed by atoms with E-state index in [4.69, 9.17) is 9.47 Å². The minimum Gasteiger partial charge on any atom is -0.494 e. The first-order valence-electron chi connectivity index (χ1n) is 8.19. The van der Waals surface area contributed by atoms with Crippen molar-refractivity contribution in [2.45, 2.75) is 45.8 Å². The standard InChI is InChI=1S/C18H27NO4/c1-5-22-15-8-6-13(7-9-15)16(20)14-10-11-19(12-14)17(21)23-18(2,3)4/h6-9,14,16,20H,5,10-12H2,1-4H3. The Morgan fingerprint density at radius 2 is 2.00 bits per heavy atom. The first-order chi connectivity index (χ1) is 10.8. The number of ether oxygens (including phenoxy) is 2. The number of hydrogen-bond donors (Lipinski definition) is 1. The number of aliphatic hydroxyl groups is 1. The van der Waals surface area contributed by atoms with Gasteiger partial charge in [0.25, 0.3) is 0 Å². The summed E-state index contributed by atoms with van der Waals surface area (Å²) >= 11 is 0. The molecule has 1 saturated heterocycles. The van der Waals surface area contributed by atoms with Gasteiger partial charge in [-0.3, -0.25) is 0 Å². The Labute approximate surface area is 138 Å². The number of nitrogens with zero attached hydrogens (tertiary/aromatic N) is 1. The Kier molecular flexibility index (Phi) is 5.52. The maximum absolute atomic E-state index is 12.1. The molecule has 0 radical (unpaired) electrons. The lowest BCUT2D eigenvalue weighted by Gasteiger charge is -2.25. The second-order valence-electron chi connectivity index (χ2n) is 6.92. The molecule has 0 aromatic heterocycles. The van der Waals surface area contributed by atoms with E-state index in [1.54, 1.807) is 4.90 Å². The van der Waals surface area contributed by atoms with E-state index in [9.17, 15) is 9.90 Å². The van der Waals surface area contributed by atoms with E-state index in [1.165, 1.54) is 0 Å². The highest BCUT2D eigenvalue weighted by Gasteiger charge is 2.33. The van der Waals surface area contributed by atoms with E-state index < -0.39 is 11.7 Å². The molecule has 1 heterocycles. The van der Waals surface area contributed by atoms with Crippen LogP contribution in [0.25, 0.3) is 0 Å². The monoisotopic (exact) mass is 321 g/mol. The van der Waals surface area contributed by atoms with E-state index in [0.29, 0.717) is 19.7 Å². The van der Waals surface area contributed by atoms with Crippen LogP contribution in [0.3, 0.4) is 0 Å². The van der Waals surface area contributed by atoms with Crippen molar-refractivity contribution < 1.29 is 19.4 Å². The zero-order valence-electron chi connectivity index (χ0n) is 14.4. The van der Waals surface area contributed by atoms with Crippen molar-refractivity contribution >= 4 is 6.09 Å². The topological polar surface area (TPSA) is 59.0 Å². The van der Waals surface area contributed by atoms with Gasteiger partial charge in [-0.15, -0.1) is 0 Å². The highest BCUT2D eigenvalue weighted by atomic mass is 16.6. The van der Waals surface area contributed by atoms with Crippen molar-refractivity contribution in [2.75, 3.05) is 19.7 Å². The minimum atomic E-state index is -0.585. The fourth-order valence-corrected chi connectivity index (χ4v) is 2.74. The van der Waals surface area contributed by atoms with Crippen LogP contribution in [0.15, 0.2) is 24.3 Å². The lowest BCUT2D eigenvalue weighted by molar-refractivity contribution is 0.0268. The fraction of sp³-hybridized carbons (Fsp3) is 0.611. The summed E-state index contributed by atoms with van der Waals surface area (Å²) in [7, 11) is 0. The summed E-state index contributed by atoms with van der Waals surface area (Å²) in [6, 6.07) is 7.49. The molecule has 23 heavy (non-hydrogen) atoms. The van der Waals surface area contributed by atoms with Crippen LogP contribution in [0.2, 0.25) is 0 Å². The van der Waals surface area contributed by atoms with Crippen molar-refractivity contribution in [3.63, 3.8) is 0 Å². The van der Waals surface area contributed by atoms with Gasteiger partial charge < -0.3 is 19.5 Å². The van der Waals surface area contributed by atoms with Crippen LogP contribution in [0.1, 0.15) is 45.8 Å². The molecule has 1 aromatic carbocycles. The summed E-state index contributed by atoms with van der Waals surface area (Å²) in [5.41, 5.74) is 0.354. The van der Waals surface area contributed by atoms with Gasteiger partial charge in [0.05, 0.1) is 12.7 Å². The summed E-state index contributed by atoms with van der Waals surface area (Å²) in [5, 5.41) is 10.6. The lowest BCUT2D eigenvalue weighted by atomic mass is 9.95. The van der Waals surface area contributed by atoms with Gasteiger partial charge in [0.15, 0.2) is 0 Å². The highest BCUT2D eigenvalue weighted by molar-refractivity contribution is 5.68. The number of amides is 1. The van der Waals surface area contributed by atoms with Gasteiger partial charge in [0.1, 0.15) is 11.4 Å². The van der Waals surface area contributed by atoms with Crippen LogP contribution in [-0.2, 0) is 4.74 Å². The number of carbonyl (C=O) groups excluding carboxylic acids is 1. The number of hydrogen-bond acceptors (Lipinski definition) is 4. The number of likely N-dealkylation sites (tertiary alicyclic amines) is 1. The highest BCUT2D eigenvalue weighted by Crippen LogP contribution is 2.31. The first-order valence-corrected chi connectivity index (χ1v) is 8.19. The van der Waals surface area contributed by atoms with Gasteiger partial charge in [-0.05, 0) is 51.8 Å². The van der Waals surface area contributed by atoms with Crippen LogP contribution >= 0.6 is 0 Å². The Balaban J connectivity index is 1.94. The second kappa shape index (κ2) is 7.21. The molecule has 5 nitrogen and oxygen atoms in total. The molecular formula is C18H27NO4. The zero-order chi connectivity index (χ0) is 17.0. The quantitative estimate of drug-likeness (QED) is 0.923. The SMILES string of the molecule is CCOc1ccc(C(O)C2CCN(C(=O)OC(C)(C)C)C2)cc1. The smallest absolute Gasteiger partial charge is 0.410 e. The van der Waals surface area contributed by atoms with Gasteiger partial charge >= 0.3 is 6.09 Å². The Hall–Kier alpha value is -1.75. The first kappa shape index (κ1) is 17.6. The molecule has 2 atom stereocenters. The van der Waals surface area contributed by atoms with Gasteiger partial charge in [-0.1, -0.05) is 12.1 Å². The largest absolute Gasteiger partial charge is 0.494 e. The zero-order valence-corrected chi connectivity index (χ0v) is 14.4. The Morgan fingerprint density at radius 1 is 1.35 bits per heavy atom. The predicted octanol–water partition coefficient (Wildman–Crippen LogP) is 3.38. The maximum Gasteiger partial charge on any atom is 0.410 e. The normalized spacial score (nSPS) is 19.5. The molecule has 0 aliphatic carbocycles. The molecule has 1 aromatic rings. The summed E-state index contributed by atoms with van der Waals surface area (Å²) in [6.45, 7) is 9.26. The third kappa shape index (κ3) is 4.86. The molecule has 2 rings (SSSR count). The molecule has 0 saturated carbocycles. The van der Waals surface area contributed by atoms with Crippen LogP contribution in [0.5, 0.6) is 5.75 Å². The van der Waals surface area contributed by atoms with Crippen LogP contribution < -0.4 is 4.74 Å². The van der Waals surface area contributed by atoms with Crippen molar-refractivity contribution in [2.24, 2.45) is 5.92 Å². The summed E-state index contributed by atoms with van der Waals surface area (Å²) < 4.78 is 10.8. The van der Waals surface area contributed by atoms with E-state index in [0.717, 1.165) is 17.7 Å². The van der Waals surface area contributed by atoms with E-state index in [1.807, 2.05) is 52.0 Å². The number of aliphatic hydroxyl groups excluding tert-OH is 1. The molecule has 0 spiro atoms. The molecule has 1 aliphatic rings. The molecule has 1 fully saturated rings. The molecule has 1 aliphatic heterocycles. The number of benzene rings is 1. The Bertz CT molecular complexity index is 521. The Morgan fingerprint density at radius 3 is 2.57 bits per heavy atom. The molecule has 0 bridgehead atoms. The third-order valence-corrected chi connectivity index (χ3v) is 3.86. The van der Waals surface area contributed by atoms with Gasteiger partial charge in [0, 0.05) is 19.0 Å². The fourth-order valence-electron chi connectivity index (χ4n) is 2.74. The van der Waals surface area contributed by atoms with E-state index in [-0.39, 0.29) is 12.0 Å². The molecular weight excluding hydrogens is 294 g/mol. The van der Waals surface area contributed by atoms with E-state index >= 15 is 0 Å². The van der Waals surface area contributed by atoms with Gasteiger partial charge in [-0.25, -0.2) is 4.79 Å². The minimum absolute atomic E-state index is 0.0282. The molecule has 2 unspecified atom stereocenters. The molecule has 1 amide bonds. The molecule has 128 valence electrons. The van der Waals surface area contributed by atoms with Gasteiger partial charge in [0.2, 0.25) is 0 Å². The number of rotatable bonds is 4. The van der Waals surface area contributed by atoms with Crippen LogP contribution in [0, 0.1) is 5.92 Å². The molecule has 1 N–H and O–H groups in total. The van der Waals surface area contributed by atoms with Gasteiger partial charge in [-0.2, -0.15) is 0 Å². The third-order valence-electron chi connectivity index (χ3n) is 3.86.